The number of nitrogen functional groups attached to an aromatic ring is 1. The number of phosphoric ester groups is 1. The number of amides is 3. The molecule has 3 amide bonds. The Labute approximate surface area is 350 Å². The zero-order chi connectivity index (χ0) is 39.0. The largest absolute Gasteiger partial charge is 0.489 e. The van der Waals surface area contributed by atoms with Gasteiger partial charge in [-0.25, -0.2) is 13.8 Å². The fourth-order valence-electron chi connectivity index (χ4n) is 8.20. The molecule has 1 aliphatic carbocycles. The normalized spacial score (nSPS) is 21.6. The van der Waals surface area contributed by atoms with Crippen molar-refractivity contribution in [2.24, 2.45) is 0 Å². The monoisotopic (exact) mass is 810 g/mol. The van der Waals surface area contributed by atoms with Crippen molar-refractivity contribution in [2.45, 2.75) is 56.5 Å². The summed E-state index contributed by atoms with van der Waals surface area (Å²) >= 11 is 0. The van der Waals surface area contributed by atoms with E-state index in [1.54, 1.807) is 47.6 Å². The molecule has 295 valence electrons. The summed E-state index contributed by atoms with van der Waals surface area (Å²) in [5, 5.41) is 15.3. The number of hydrogen-bond acceptors (Lipinski definition) is 13. The first-order chi connectivity index (χ1) is 27.0. The van der Waals surface area contributed by atoms with Crippen molar-refractivity contribution in [1.82, 2.24) is 30.2 Å². The quantitative estimate of drug-likeness (QED) is 0.0781. The Morgan fingerprint density at radius 3 is 2.54 bits per heavy atom. The maximum Gasteiger partial charge on any atom is 0.472 e. The molecular weight excluding hydrogens is 768 g/mol. The smallest absolute Gasteiger partial charge is 0.472 e. The van der Waals surface area contributed by atoms with Crippen LogP contribution >= 0.6 is 7.82 Å². The third-order valence-electron chi connectivity index (χ3n) is 10.9. The number of nitrogens with one attached hydrogen (secondary N) is 1. The van der Waals surface area contributed by atoms with Gasteiger partial charge >= 0.3 is 7.82 Å². The number of piperidine rings is 1. The molecule has 1 radical (unpaired) electrons. The number of imide groups is 1. The molecule has 8 rings (SSSR count). The number of anilines is 3. The molecule has 2 aromatic heterocycles. The van der Waals surface area contributed by atoms with Gasteiger partial charge in [0.05, 0.1) is 42.6 Å². The van der Waals surface area contributed by atoms with E-state index in [0.29, 0.717) is 67.6 Å². The van der Waals surface area contributed by atoms with E-state index < -0.39 is 20.7 Å². The van der Waals surface area contributed by atoms with Gasteiger partial charge in [0.15, 0.2) is 12.6 Å². The number of rotatable bonds is 10. The number of carbonyl (C=O) groups is 3. The molecule has 0 bridgehead atoms. The van der Waals surface area contributed by atoms with Gasteiger partial charge in [-0.2, -0.15) is 5.10 Å². The Morgan fingerprint density at radius 2 is 1.77 bits per heavy atom. The summed E-state index contributed by atoms with van der Waals surface area (Å²) in [6, 6.07) is 14.4. The molecule has 18 nitrogen and oxygen atoms in total. The van der Waals surface area contributed by atoms with Crippen LogP contribution in [0.25, 0.3) is 16.9 Å². The van der Waals surface area contributed by atoms with Crippen LogP contribution in [0.2, 0.25) is 0 Å². The molecule has 5 N–H and O–H groups in total. The fourth-order valence-corrected chi connectivity index (χ4v) is 8.39. The molecule has 0 spiro atoms. The summed E-state index contributed by atoms with van der Waals surface area (Å²) in [5.74, 6) is 0.988. The number of phosphoric acid groups is 1. The molecule has 2 aromatic carbocycles. The summed E-state index contributed by atoms with van der Waals surface area (Å²) in [4.78, 5) is 62.2. The van der Waals surface area contributed by atoms with Crippen LogP contribution in [-0.2, 0) is 23.5 Å². The zero-order valence-corrected chi connectivity index (χ0v) is 34.3. The van der Waals surface area contributed by atoms with E-state index in [1.807, 2.05) is 12.1 Å². The maximum atomic E-state index is 13.6. The number of piperazine rings is 1. The number of para-hydroxylation sites is 2. The predicted octanol–water partition coefficient (Wildman–Crippen LogP) is 2.36. The van der Waals surface area contributed by atoms with Crippen molar-refractivity contribution < 1.29 is 42.7 Å². The first kappa shape index (κ1) is 40.8. The molecular formula is C37H42N9NaO9P. The first-order valence-electron chi connectivity index (χ1n) is 18.5. The Hall–Kier alpha value is -4.39. The van der Waals surface area contributed by atoms with Gasteiger partial charge in [-0.15, -0.1) is 10.2 Å². The van der Waals surface area contributed by atoms with Crippen molar-refractivity contribution in [3.8, 4) is 28.4 Å². The molecule has 3 aliphatic heterocycles. The average molecular weight is 811 g/mol. The fraction of sp³-hybridized carbons (Fsp3) is 0.405. The summed E-state index contributed by atoms with van der Waals surface area (Å²) in [6.07, 6.45) is 7.93. The number of benzene rings is 2. The van der Waals surface area contributed by atoms with Crippen LogP contribution in [0.5, 0.6) is 11.5 Å². The zero-order valence-electron chi connectivity index (χ0n) is 31.4. The van der Waals surface area contributed by atoms with Crippen LogP contribution < -0.4 is 30.3 Å². The standard InChI is InChI=1S/C37H42N9O9P.Na/c38-36-31(18-28(41-42-36)27-4-1-2-7-32(27)54-22-55-56(50,51)52)46-20-25(19-39-46)44-15-14-43(21-34(44)48)24-10-8-23(9-11-24)26-5-3-6-29-35(26)53-17-16-45(29)30-12-13-33(47)40-37(30)49;/h1-7,18-20,23-24,30H,8-17,21-22H2,(H2,38,42)(H,40,47,49)(H2,50,51,52);/t23?,24?,30-;/m0./s1. The van der Waals surface area contributed by atoms with Crippen molar-refractivity contribution in [3.05, 3.63) is 66.5 Å². The van der Waals surface area contributed by atoms with Gasteiger partial charge in [-0.3, -0.25) is 24.6 Å². The second kappa shape index (κ2) is 17.2. The molecule has 3 fully saturated rings. The van der Waals surface area contributed by atoms with Crippen molar-refractivity contribution in [1.29, 1.82) is 0 Å². The van der Waals surface area contributed by atoms with E-state index in [-0.39, 0.29) is 71.4 Å². The Bertz CT molecular complexity index is 2190. The molecule has 2 saturated heterocycles. The number of nitrogens with zero attached hydrogens (tertiary/aromatic N) is 7. The second-order valence-corrected chi connectivity index (χ2v) is 15.5. The minimum Gasteiger partial charge on any atom is -0.489 e. The van der Waals surface area contributed by atoms with Gasteiger partial charge in [-0.1, -0.05) is 24.3 Å². The van der Waals surface area contributed by atoms with E-state index in [2.05, 4.69) is 41.0 Å². The van der Waals surface area contributed by atoms with E-state index in [1.165, 1.54) is 4.68 Å². The van der Waals surface area contributed by atoms with Gasteiger partial charge in [0, 0.05) is 60.7 Å². The third kappa shape index (κ3) is 8.88. The Balaban J connectivity index is 0.00000496. The maximum absolute atomic E-state index is 13.6. The van der Waals surface area contributed by atoms with Crippen LogP contribution in [0.3, 0.4) is 0 Å². The average Bonchev–Trinajstić information content (AvgIpc) is 3.67. The molecule has 57 heavy (non-hydrogen) atoms. The molecule has 20 heteroatoms. The van der Waals surface area contributed by atoms with Gasteiger partial charge in [0.25, 0.3) is 0 Å². The predicted molar refractivity (Wildman–Crippen MR) is 208 cm³/mol. The molecule has 5 heterocycles. The number of aromatic nitrogens is 4. The van der Waals surface area contributed by atoms with Gasteiger partial charge in [0.2, 0.25) is 17.7 Å². The SMILES string of the molecule is Nc1nnc(-c2ccccc2OCOP(=O)(O)O)cc1-n1cc(N2CCN(C3CCC(c4cccc5c4OCCN5[C@H]4CCC(=O)NC4=O)CC3)CC2=O)cn1.[Na]. The van der Waals surface area contributed by atoms with Crippen molar-refractivity contribution >= 4 is 72.3 Å². The number of carbonyl (C=O) groups excluding carboxylic acids is 3. The number of hydrogen-bond donors (Lipinski definition) is 4. The van der Waals surface area contributed by atoms with Crippen LogP contribution in [0.15, 0.2) is 60.9 Å². The third-order valence-corrected chi connectivity index (χ3v) is 11.4. The molecule has 0 unspecified atom stereocenters. The molecule has 1 saturated carbocycles. The van der Waals surface area contributed by atoms with Gasteiger partial charge in [-0.05, 0) is 67.9 Å². The van der Waals surface area contributed by atoms with E-state index in [9.17, 15) is 18.9 Å². The Kier molecular flexibility index (Phi) is 12.3. The van der Waals surface area contributed by atoms with Crippen molar-refractivity contribution in [3.63, 3.8) is 0 Å². The van der Waals surface area contributed by atoms with Crippen molar-refractivity contribution in [2.75, 3.05) is 55.1 Å². The molecule has 4 aromatic rings. The molecule has 4 aliphatic rings. The Morgan fingerprint density at radius 1 is 0.965 bits per heavy atom. The first-order valence-corrected chi connectivity index (χ1v) is 20.1. The summed E-state index contributed by atoms with van der Waals surface area (Å²) in [5.41, 5.74) is 10.2. The number of ether oxygens (including phenoxy) is 2. The molecule has 1 atom stereocenters. The van der Waals surface area contributed by atoms with Crippen LogP contribution in [0, 0.1) is 0 Å². The summed E-state index contributed by atoms with van der Waals surface area (Å²) < 4.78 is 28.7. The van der Waals surface area contributed by atoms with Gasteiger partial charge < -0.3 is 34.8 Å². The van der Waals surface area contributed by atoms with Crippen LogP contribution in [0.4, 0.5) is 17.2 Å². The number of fused-ring (bicyclic) bond motifs is 1. The van der Waals surface area contributed by atoms with E-state index in [4.69, 9.17) is 25.0 Å². The van der Waals surface area contributed by atoms with E-state index >= 15 is 0 Å². The minimum absolute atomic E-state index is 0. The second-order valence-electron chi connectivity index (χ2n) is 14.2. The van der Waals surface area contributed by atoms with Crippen LogP contribution in [0.1, 0.15) is 50.0 Å². The topological polar surface area (TPSA) is 228 Å². The van der Waals surface area contributed by atoms with Crippen LogP contribution in [-0.4, -0.2) is 134 Å². The van der Waals surface area contributed by atoms with Gasteiger partial charge in [0.1, 0.15) is 29.8 Å². The summed E-state index contributed by atoms with van der Waals surface area (Å²) in [6.45, 7) is 1.88. The number of nitrogens with two attached hydrogens (primary N) is 1. The summed E-state index contributed by atoms with van der Waals surface area (Å²) in [7, 11) is -4.73. The van der Waals surface area contributed by atoms with E-state index in [0.717, 1.165) is 42.7 Å². The minimum atomic E-state index is -4.73.